The van der Waals surface area contributed by atoms with Crippen molar-refractivity contribution in [3.8, 4) is 0 Å². The Morgan fingerprint density at radius 2 is 1.88 bits per heavy atom. The molecular weight excluding hydrogens is 216 g/mol. The van der Waals surface area contributed by atoms with E-state index in [1.165, 1.54) is 0 Å². The number of aliphatic hydroxyl groups excluding tert-OH is 1. The normalized spacial score (nSPS) is 37.8. The van der Waals surface area contributed by atoms with Crippen LogP contribution in [0, 0.1) is 5.92 Å². The molecule has 0 spiro atoms. The Balaban J connectivity index is 2.67. The van der Waals surface area contributed by atoms with Gasteiger partial charge in [-0.3, -0.25) is 0 Å². The van der Waals surface area contributed by atoms with Crippen LogP contribution < -0.4 is 11.1 Å². The van der Waals surface area contributed by atoms with Crippen LogP contribution in [0.25, 0.3) is 0 Å². The van der Waals surface area contributed by atoms with Gasteiger partial charge >= 0.3 is 0 Å². The maximum Gasteiger partial charge on any atom is 0.0568 e. The molecule has 4 unspecified atom stereocenters. The Morgan fingerprint density at radius 1 is 1.35 bits per heavy atom. The van der Waals surface area contributed by atoms with E-state index in [4.69, 9.17) is 10.5 Å². The fraction of sp³-hybridized carbons (Fsp3) is 1.00. The molecule has 0 radical (unpaired) electrons. The average Bonchev–Trinajstić information content (AvgIpc) is 2.26. The molecule has 4 heteroatoms. The van der Waals surface area contributed by atoms with E-state index in [1.54, 1.807) is 0 Å². The molecule has 0 aromatic carbocycles. The van der Waals surface area contributed by atoms with Crippen molar-refractivity contribution in [1.82, 2.24) is 5.32 Å². The molecule has 1 heterocycles. The predicted octanol–water partition coefficient (Wildman–Crippen LogP) is 0.878. The molecule has 1 aliphatic heterocycles. The number of nitrogens with two attached hydrogens (primary N) is 1. The van der Waals surface area contributed by atoms with Crippen LogP contribution in [0.3, 0.4) is 0 Å². The van der Waals surface area contributed by atoms with Gasteiger partial charge in [0.05, 0.1) is 12.2 Å². The first kappa shape index (κ1) is 14.9. The zero-order valence-electron chi connectivity index (χ0n) is 11.6. The van der Waals surface area contributed by atoms with Crippen LogP contribution in [-0.2, 0) is 4.74 Å². The van der Waals surface area contributed by atoms with Crippen molar-refractivity contribution in [2.24, 2.45) is 11.7 Å². The van der Waals surface area contributed by atoms with Gasteiger partial charge in [-0.25, -0.2) is 0 Å². The summed E-state index contributed by atoms with van der Waals surface area (Å²) in [6, 6.07) is 0.265. The van der Waals surface area contributed by atoms with Crippen LogP contribution in [0.4, 0.5) is 0 Å². The second-order valence-corrected chi connectivity index (χ2v) is 5.74. The summed E-state index contributed by atoms with van der Waals surface area (Å²) in [6.07, 6.45) is 2.37. The summed E-state index contributed by atoms with van der Waals surface area (Å²) in [4.78, 5) is 0. The summed E-state index contributed by atoms with van der Waals surface area (Å²) in [5, 5.41) is 12.8. The second kappa shape index (κ2) is 6.14. The quantitative estimate of drug-likeness (QED) is 0.671. The summed E-state index contributed by atoms with van der Waals surface area (Å²) >= 11 is 0. The van der Waals surface area contributed by atoms with Gasteiger partial charge < -0.3 is 20.9 Å². The molecule has 1 aliphatic rings. The van der Waals surface area contributed by atoms with E-state index >= 15 is 0 Å². The minimum absolute atomic E-state index is 0.0417. The number of rotatable bonds is 5. The van der Waals surface area contributed by atoms with Crippen molar-refractivity contribution in [2.75, 3.05) is 13.2 Å². The SMILES string of the molecule is CC1CC(CN)(NC(C)C(C)CO)CC(C)O1. The largest absolute Gasteiger partial charge is 0.396 e. The van der Waals surface area contributed by atoms with Gasteiger partial charge in [0.25, 0.3) is 0 Å². The number of hydrogen-bond acceptors (Lipinski definition) is 4. The van der Waals surface area contributed by atoms with Gasteiger partial charge in [-0.1, -0.05) is 6.92 Å². The topological polar surface area (TPSA) is 67.5 Å². The summed E-state index contributed by atoms with van der Waals surface area (Å²) in [6.45, 7) is 9.19. The van der Waals surface area contributed by atoms with Gasteiger partial charge in [-0.05, 0) is 39.5 Å². The smallest absolute Gasteiger partial charge is 0.0568 e. The zero-order valence-corrected chi connectivity index (χ0v) is 11.6. The molecule has 0 aromatic rings. The highest BCUT2D eigenvalue weighted by atomic mass is 16.5. The summed E-state index contributed by atoms with van der Waals surface area (Å²) in [7, 11) is 0. The number of ether oxygens (including phenoxy) is 1. The fourth-order valence-electron chi connectivity index (χ4n) is 2.80. The van der Waals surface area contributed by atoms with Crippen LogP contribution in [0.1, 0.15) is 40.5 Å². The van der Waals surface area contributed by atoms with E-state index in [2.05, 4.69) is 26.1 Å². The lowest BCUT2D eigenvalue weighted by atomic mass is 9.82. The van der Waals surface area contributed by atoms with E-state index < -0.39 is 0 Å². The lowest BCUT2D eigenvalue weighted by Gasteiger charge is -2.45. The standard InChI is InChI=1S/C13H28N2O2/c1-9(7-16)12(4)15-13(8-14)5-10(2)17-11(3)6-13/h9-12,15-16H,5-8,14H2,1-4H3. The van der Waals surface area contributed by atoms with E-state index in [-0.39, 0.29) is 36.3 Å². The van der Waals surface area contributed by atoms with Crippen LogP contribution in [0.5, 0.6) is 0 Å². The molecule has 4 atom stereocenters. The maximum atomic E-state index is 9.20. The van der Waals surface area contributed by atoms with Crippen LogP contribution in [0.2, 0.25) is 0 Å². The molecule has 0 amide bonds. The van der Waals surface area contributed by atoms with Crippen molar-refractivity contribution in [1.29, 1.82) is 0 Å². The van der Waals surface area contributed by atoms with Crippen molar-refractivity contribution in [3.63, 3.8) is 0 Å². The first-order chi connectivity index (χ1) is 7.92. The average molecular weight is 244 g/mol. The molecule has 0 saturated carbocycles. The number of nitrogens with one attached hydrogen (secondary N) is 1. The van der Waals surface area contributed by atoms with Crippen molar-refractivity contribution in [2.45, 2.75) is 64.3 Å². The first-order valence-corrected chi connectivity index (χ1v) is 6.66. The Morgan fingerprint density at radius 3 is 2.29 bits per heavy atom. The molecular formula is C13H28N2O2. The number of aliphatic hydroxyl groups is 1. The van der Waals surface area contributed by atoms with Crippen molar-refractivity contribution in [3.05, 3.63) is 0 Å². The molecule has 4 N–H and O–H groups in total. The maximum absolute atomic E-state index is 9.20. The van der Waals surface area contributed by atoms with Gasteiger partial charge in [0.2, 0.25) is 0 Å². The summed E-state index contributed by atoms with van der Waals surface area (Å²) < 4.78 is 5.77. The molecule has 0 aliphatic carbocycles. The highest BCUT2D eigenvalue weighted by molar-refractivity contribution is 4.97. The Kier molecular flexibility index (Phi) is 5.38. The van der Waals surface area contributed by atoms with Crippen molar-refractivity contribution < 1.29 is 9.84 Å². The molecule has 17 heavy (non-hydrogen) atoms. The predicted molar refractivity (Wildman–Crippen MR) is 69.9 cm³/mol. The molecule has 0 aromatic heterocycles. The third-order valence-corrected chi connectivity index (χ3v) is 3.89. The minimum atomic E-state index is -0.0417. The van der Waals surface area contributed by atoms with Crippen LogP contribution in [0.15, 0.2) is 0 Å². The minimum Gasteiger partial charge on any atom is -0.396 e. The highest BCUT2D eigenvalue weighted by Crippen LogP contribution is 2.29. The van der Waals surface area contributed by atoms with E-state index in [9.17, 15) is 5.11 Å². The van der Waals surface area contributed by atoms with Crippen molar-refractivity contribution >= 4 is 0 Å². The molecule has 1 saturated heterocycles. The summed E-state index contributed by atoms with van der Waals surface area (Å²) in [5.41, 5.74) is 5.93. The van der Waals surface area contributed by atoms with E-state index in [0.29, 0.717) is 6.54 Å². The molecule has 0 bridgehead atoms. The third-order valence-electron chi connectivity index (χ3n) is 3.89. The first-order valence-electron chi connectivity index (χ1n) is 6.66. The van der Waals surface area contributed by atoms with E-state index in [1.807, 2.05) is 6.92 Å². The third kappa shape index (κ3) is 3.91. The molecule has 4 nitrogen and oxygen atoms in total. The molecule has 1 fully saturated rings. The Bertz CT molecular complexity index is 225. The highest BCUT2D eigenvalue weighted by Gasteiger charge is 2.38. The van der Waals surface area contributed by atoms with Crippen LogP contribution >= 0.6 is 0 Å². The Hall–Kier alpha value is -0.160. The lowest BCUT2D eigenvalue weighted by Crippen LogP contribution is -2.61. The number of hydrogen-bond donors (Lipinski definition) is 3. The second-order valence-electron chi connectivity index (χ2n) is 5.74. The van der Waals surface area contributed by atoms with Gasteiger partial charge in [0, 0.05) is 24.7 Å². The lowest BCUT2D eigenvalue weighted by molar-refractivity contribution is -0.0706. The monoisotopic (exact) mass is 244 g/mol. The zero-order chi connectivity index (χ0) is 13.1. The molecule has 102 valence electrons. The molecule has 1 rings (SSSR count). The van der Waals surface area contributed by atoms with Gasteiger partial charge in [-0.15, -0.1) is 0 Å². The fourth-order valence-corrected chi connectivity index (χ4v) is 2.80. The Labute approximate surface area is 105 Å². The van der Waals surface area contributed by atoms with Gasteiger partial charge in [-0.2, -0.15) is 0 Å². The van der Waals surface area contributed by atoms with E-state index in [0.717, 1.165) is 12.8 Å². The van der Waals surface area contributed by atoms with Crippen LogP contribution in [-0.4, -0.2) is 42.0 Å². The van der Waals surface area contributed by atoms with Gasteiger partial charge in [0.1, 0.15) is 0 Å². The van der Waals surface area contributed by atoms with Gasteiger partial charge in [0.15, 0.2) is 0 Å². The summed E-state index contributed by atoms with van der Waals surface area (Å²) in [5.74, 6) is 0.242.